The highest BCUT2D eigenvalue weighted by atomic mass is 16.4. The number of carboxylic acids is 1. The zero-order valence-corrected chi connectivity index (χ0v) is 12.0. The van der Waals surface area contributed by atoms with Crippen LogP contribution in [0, 0.1) is 11.3 Å². The number of carbonyl (C=O) groups excluding carboxylic acids is 1. The Balaban J connectivity index is 2.66. The van der Waals surface area contributed by atoms with E-state index in [1.807, 2.05) is 6.92 Å². The Labute approximate surface area is 113 Å². The number of aliphatic carboxylic acids is 1. The molecular weight excluding hydrogens is 248 g/mol. The van der Waals surface area contributed by atoms with E-state index in [1.54, 1.807) is 20.8 Å². The third-order valence-electron chi connectivity index (χ3n) is 3.59. The van der Waals surface area contributed by atoms with Gasteiger partial charge in [-0.1, -0.05) is 27.7 Å². The second kappa shape index (κ2) is 5.77. The highest BCUT2D eigenvalue weighted by Gasteiger charge is 2.35. The number of rotatable bonds is 2. The third-order valence-corrected chi connectivity index (χ3v) is 3.59. The van der Waals surface area contributed by atoms with Crippen LogP contribution in [0.15, 0.2) is 0 Å². The molecule has 0 aliphatic carbocycles. The van der Waals surface area contributed by atoms with Gasteiger partial charge in [0, 0.05) is 13.1 Å². The number of nitrogens with zero attached hydrogens (tertiary/aromatic N) is 1. The normalized spacial score (nSPS) is 25.8. The first-order valence-electron chi connectivity index (χ1n) is 6.59. The predicted molar refractivity (Wildman–Crippen MR) is 70.8 cm³/mol. The summed E-state index contributed by atoms with van der Waals surface area (Å²) >= 11 is 0. The number of hydrogen-bond acceptors (Lipinski definition) is 3. The lowest BCUT2D eigenvalue weighted by Crippen LogP contribution is -2.56. The fourth-order valence-corrected chi connectivity index (χ4v) is 2.10. The Bertz CT molecular complexity index is 351. The van der Waals surface area contributed by atoms with E-state index in [9.17, 15) is 14.7 Å². The predicted octanol–water partition coefficient (Wildman–Crippen LogP) is 0.898. The molecule has 0 bridgehead atoms. The summed E-state index contributed by atoms with van der Waals surface area (Å²) in [5, 5.41) is 21.5. The maximum absolute atomic E-state index is 12.1. The van der Waals surface area contributed by atoms with Crippen molar-refractivity contribution in [2.24, 2.45) is 11.3 Å². The van der Waals surface area contributed by atoms with E-state index < -0.39 is 29.6 Å². The van der Waals surface area contributed by atoms with E-state index in [4.69, 9.17) is 5.11 Å². The van der Waals surface area contributed by atoms with Crippen LogP contribution in [-0.4, -0.2) is 52.3 Å². The summed E-state index contributed by atoms with van der Waals surface area (Å²) in [5.41, 5.74) is -0.566. The van der Waals surface area contributed by atoms with Crippen LogP contribution >= 0.6 is 0 Å². The monoisotopic (exact) mass is 272 g/mol. The van der Waals surface area contributed by atoms with Gasteiger partial charge >= 0.3 is 12.0 Å². The molecule has 0 aromatic heterocycles. The highest BCUT2D eigenvalue weighted by molar-refractivity contribution is 5.83. The number of aliphatic hydroxyl groups excluding tert-OH is 1. The lowest BCUT2D eigenvalue weighted by Gasteiger charge is -2.36. The molecule has 0 aromatic carbocycles. The molecule has 1 saturated heterocycles. The Morgan fingerprint density at radius 1 is 1.37 bits per heavy atom. The van der Waals surface area contributed by atoms with Gasteiger partial charge in [-0.15, -0.1) is 0 Å². The van der Waals surface area contributed by atoms with Crippen LogP contribution < -0.4 is 5.32 Å². The minimum Gasteiger partial charge on any atom is -0.480 e. The average molecular weight is 272 g/mol. The molecule has 0 saturated carbocycles. The summed E-state index contributed by atoms with van der Waals surface area (Å²) in [6.45, 7) is 8.02. The smallest absolute Gasteiger partial charge is 0.326 e. The molecule has 1 aliphatic rings. The molecule has 1 rings (SSSR count). The van der Waals surface area contributed by atoms with Gasteiger partial charge in [0.15, 0.2) is 0 Å². The zero-order valence-electron chi connectivity index (χ0n) is 12.0. The van der Waals surface area contributed by atoms with E-state index >= 15 is 0 Å². The van der Waals surface area contributed by atoms with Crippen LogP contribution in [0.2, 0.25) is 0 Å². The molecule has 2 unspecified atom stereocenters. The lowest BCUT2D eigenvalue weighted by atomic mass is 9.87. The molecule has 0 radical (unpaired) electrons. The molecule has 1 fully saturated rings. The number of aliphatic hydroxyl groups is 1. The Kier molecular flexibility index (Phi) is 4.79. The fraction of sp³-hybridized carbons (Fsp3) is 0.846. The van der Waals surface area contributed by atoms with Gasteiger partial charge in [0.2, 0.25) is 0 Å². The Morgan fingerprint density at radius 2 is 1.95 bits per heavy atom. The first-order chi connectivity index (χ1) is 8.62. The molecule has 1 heterocycles. The number of hydrogen-bond donors (Lipinski definition) is 3. The van der Waals surface area contributed by atoms with Crippen LogP contribution in [0.4, 0.5) is 4.79 Å². The minimum absolute atomic E-state index is 0.168. The summed E-state index contributed by atoms with van der Waals surface area (Å²) < 4.78 is 0. The SMILES string of the molecule is CC1CCN(C(=O)N[C@H](C(=O)O)C(C)(C)C)CC1O. The Hall–Kier alpha value is -1.30. The molecule has 1 aliphatic heterocycles. The van der Waals surface area contributed by atoms with E-state index in [0.29, 0.717) is 6.54 Å². The van der Waals surface area contributed by atoms with Gasteiger partial charge in [0.1, 0.15) is 6.04 Å². The van der Waals surface area contributed by atoms with Gasteiger partial charge in [-0.2, -0.15) is 0 Å². The van der Waals surface area contributed by atoms with Crippen molar-refractivity contribution in [2.75, 3.05) is 13.1 Å². The molecule has 110 valence electrons. The number of amides is 2. The van der Waals surface area contributed by atoms with Crippen molar-refractivity contribution < 1.29 is 19.8 Å². The van der Waals surface area contributed by atoms with E-state index in [0.717, 1.165) is 6.42 Å². The second-order valence-corrected chi connectivity index (χ2v) is 6.37. The van der Waals surface area contributed by atoms with Gasteiger partial charge < -0.3 is 20.4 Å². The minimum atomic E-state index is -1.05. The summed E-state index contributed by atoms with van der Waals surface area (Å²) in [4.78, 5) is 24.7. The molecule has 3 N–H and O–H groups in total. The van der Waals surface area contributed by atoms with Gasteiger partial charge in [0.05, 0.1) is 6.10 Å². The number of β-amino-alcohol motifs (C(OH)–C–C–N with tert-alkyl or cyclic N) is 1. The number of nitrogens with one attached hydrogen (secondary N) is 1. The largest absolute Gasteiger partial charge is 0.480 e. The average Bonchev–Trinajstić information content (AvgIpc) is 2.27. The van der Waals surface area contributed by atoms with Gasteiger partial charge in [-0.25, -0.2) is 9.59 Å². The van der Waals surface area contributed by atoms with Crippen molar-refractivity contribution in [1.29, 1.82) is 0 Å². The number of urea groups is 1. The summed E-state index contributed by atoms with van der Waals surface area (Å²) in [6.07, 6.45) is 0.180. The van der Waals surface area contributed by atoms with Crippen LogP contribution in [0.5, 0.6) is 0 Å². The van der Waals surface area contributed by atoms with Gasteiger partial charge in [-0.05, 0) is 17.8 Å². The van der Waals surface area contributed by atoms with E-state index in [-0.39, 0.29) is 12.5 Å². The molecular formula is C13H24N2O4. The number of carboxylic acid groups (broad SMARTS) is 1. The van der Waals surface area contributed by atoms with Gasteiger partial charge in [0.25, 0.3) is 0 Å². The van der Waals surface area contributed by atoms with Crippen molar-refractivity contribution in [3.8, 4) is 0 Å². The van der Waals surface area contributed by atoms with Crippen molar-refractivity contribution in [1.82, 2.24) is 10.2 Å². The Morgan fingerprint density at radius 3 is 2.37 bits per heavy atom. The molecule has 6 nitrogen and oxygen atoms in total. The van der Waals surface area contributed by atoms with Crippen LogP contribution in [0.25, 0.3) is 0 Å². The highest BCUT2D eigenvalue weighted by Crippen LogP contribution is 2.21. The third kappa shape index (κ3) is 4.09. The van der Waals surface area contributed by atoms with Crippen LogP contribution in [-0.2, 0) is 4.79 Å². The van der Waals surface area contributed by atoms with Crippen molar-refractivity contribution >= 4 is 12.0 Å². The number of likely N-dealkylation sites (tertiary alicyclic amines) is 1. The van der Waals surface area contributed by atoms with Crippen molar-refractivity contribution in [2.45, 2.75) is 46.3 Å². The second-order valence-electron chi connectivity index (χ2n) is 6.37. The quantitative estimate of drug-likeness (QED) is 0.696. The molecule has 19 heavy (non-hydrogen) atoms. The summed E-state index contributed by atoms with van der Waals surface area (Å²) in [6, 6.07) is -1.37. The van der Waals surface area contributed by atoms with Gasteiger partial charge in [-0.3, -0.25) is 0 Å². The number of piperidine rings is 1. The molecule has 6 heteroatoms. The summed E-state index contributed by atoms with van der Waals surface area (Å²) in [7, 11) is 0. The van der Waals surface area contributed by atoms with E-state index in [2.05, 4.69) is 5.32 Å². The maximum Gasteiger partial charge on any atom is 0.326 e. The zero-order chi connectivity index (χ0) is 14.8. The topological polar surface area (TPSA) is 89.9 Å². The summed E-state index contributed by atoms with van der Waals surface area (Å²) in [5.74, 6) is -0.881. The molecule has 2 amide bonds. The molecule has 0 spiro atoms. The number of carbonyl (C=O) groups is 2. The lowest BCUT2D eigenvalue weighted by molar-refractivity contribution is -0.142. The fourth-order valence-electron chi connectivity index (χ4n) is 2.10. The standard InChI is InChI=1S/C13H24N2O4/c1-8-5-6-15(7-9(8)16)12(19)14-10(11(17)18)13(2,3)4/h8-10,16H,5-7H2,1-4H3,(H,14,19)(H,17,18)/t8?,9?,10-/m1/s1. The van der Waals surface area contributed by atoms with Crippen molar-refractivity contribution in [3.63, 3.8) is 0 Å². The van der Waals surface area contributed by atoms with Crippen LogP contribution in [0.3, 0.4) is 0 Å². The van der Waals surface area contributed by atoms with E-state index in [1.165, 1.54) is 4.90 Å². The maximum atomic E-state index is 12.1. The van der Waals surface area contributed by atoms with Crippen LogP contribution in [0.1, 0.15) is 34.1 Å². The molecule has 0 aromatic rings. The van der Waals surface area contributed by atoms with Crippen molar-refractivity contribution in [3.05, 3.63) is 0 Å². The first-order valence-corrected chi connectivity index (χ1v) is 6.59. The first kappa shape index (κ1) is 15.8. The molecule has 3 atom stereocenters.